The van der Waals surface area contributed by atoms with Crippen molar-refractivity contribution in [3.05, 3.63) is 65.7 Å². The topological polar surface area (TPSA) is 96.2 Å². The second-order valence-electron chi connectivity index (χ2n) is 7.97. The van der Waals surface area contributed by atoms with Crippen LogP contribution in [-0.4, -0.2) is 24.4 Å². The number of hydrogen-bond donors (Lipinski definition) is 4. The maximum atomic E-state index is 12.6. The molecule has 0 saturated carbocycles. The largest absolute Gasteiger partial charge is 0.397 e. The second-order valence-corrected chi connectivity index (χ2v) is 7.97. The number of anilines is 2. The van der Waals surface area contributed by atoms with E-state index in [-0.39, 0.29) is 17.9 Å². The van der Waals surface area contributed by atoms with Gasteiger partial charge in [0.25, 0.3) is 0 Å². The van der Waals surface area contributed by atoms with Crippen LogP contribution in [0.15, 0.2) is 54.6 Å². The van der Waals surface area contributed by atoms with E-state index < -0.39 is 6.04 Å². The third kappa shape index (κ3) is 7.37. The van der Waals surface area contributed by atoms with Crippen LogP contribution in [0.25, 0.3) is 6.08 Å². The van der Waals surface area contributed by atoms with Gasteiger partial charge in [0.1, 0.15) is 6.04 Å². The molecule has 0 aliphatic rings. The van der Waals surface area contributed by atoms with Crippen LogP contribution in [0.3, 0.4) is 0 Å². The molecule has 1 atom stereocenters. The molecule has 2 aromatic carbocycles. The Labute approximate surface area is 178 Å². The molecule has 6 heteroatoms. The first kappa shape index (κ1) is 23.2. The lowest BCUT2D eigenvalue weighted by Crippen LogP contribution is -2.41. The minimum absolute atomic E-state index is 0.0474. The maximum absolute atomic E-state index is 12.6. The van der Waals surface area contributed by atoms with Gasteiger partial charge in [0.2, 0.25) is 11.8 Å². The molecule has 0 aliphatic carbocycles. The van der Waals surface area contributed by atoms with Crippen molar-refractivity contribution in [3.63, 3.8) is 0 Å². The molecule has 0 radical (unpaired) electrons. The normalized spacial score (nSPS) is 12.3. The minimum atomic E-state index is -0.419. The summed E-state index contributed by atoms with van der Waals surface area (Å²) in [5.41, 5.74) is 8.68. The molecule has 0 saturated heterocycles. The first-order chi connectivity index (χ1) is 14.3. The van der Waals surface area contributed by atoms with Crippen LogP contribution in [0, 0.1) is 5.92 Å². The quantitative estimate of drug-likeness (QED) is 0.375. The second kappa shape index (κ2) is 11.2. The molecule has 30 heavy (non-hydrogen) atoms. The van der Waals surface area contributed by atoms with Gasteiger partial charge in [0.05, 0.1) is 11.4 Å². The van der Waals surface area contributed by atoms with Gasteiger partial charge in [-0.1, -0.05) is 50.2 Å². The highest BCUT2D eigenvalue weighted by molar-refractivity contribution is 6.03. The lowest BCUT2D eigenvalue weighted by molar-refractivity contribution is -0.123. The highest BCUT2D eigenvalue weighted by Gasteiger charge is 2.20. The summed E-state index contributed by atoms with van der Waals surface area (Å²) in [4.78, 5) is 24.8. The van der Waals surface area contributed by atoms with Gasteiger partial charge >= 0.3 is 0 Å². The Bertz CT molecular complexity index is 873. The van der Waals surface area contributed by atoms with Crippen LogP contribution in [0.1, 0.15) is 44.9 Å². The Balaban J connectivity index is 2.06. The zero-order chi connectivity index (χ0) is 22.1. The summed E-state index contributed by atoms with van der Waals surface area (Å²) in [6.45, 7) is 8.83. The van der Waals surface area contributed by atoms with Crippen molar-refractivity contribution in [2.75, 3.05) is 17.6 Å². The van der Waals surface area contributed by atoms with Crippen LogP contribution in [-0.2, 0) is 9.59 Å². The summed E-state index contributed by atoms with van der Waals surface area (Å²) in [5, 5.41) is 9.06. The summed E-state index contributed by atoms with van der Waals surface area (Å²) in [7, 11) is 0. The van der Waals surface area contributed by atoms with Crippen molar-refractivity contribution < 1.29 is 9.59 Å². The number of nitrogens with one attached hydrogen (secondary N) is 3. The van der Waals surface area contributed by atoms with E-state index in [1.54, 1.807) is 18.2 Å². The van der Waals surface area contributed by atoms with Crippen molar-refractivity contribution in [2.24, 2.45) is 5.92 Å². The van der Waals surface area contributed by atoms with Crippen molar-refractivity contribution in [3.8, 4) is 0 Å². The van der Waals surface area contributed by atoms with E-state index >= 15 is 0 Å². The fraction of sp³-hybridized carbons (Fsp3) is 0.333. The van der Waals surface area contributed by atoms with Gasteiger partial charge in [-0.15, -0.1) is 0 Å². The number of carbonyl (C=O) groups is 2. The molecule has 2 aromatic rings. The predicted molar refractivity (Wildman–Crippen MR) is 124 cm³/mol. The van der Waals surface area contributed by atoms with Gasteiger partial charge in [-0.25, -0.2) is 0 Å². The third-order valence-electron chi connectivity index (χ3n) is 4.34. The van der Waals surface area contributed by atoms with Gasteiger partial charge in [-0.2, -0.15) is 0 Å². The number of rotatable bonds is 9. The van der Waals surface area contributed by atoms with Crippen molar-refractivity contribution in [2.45, 2.75) is 39.8 Å². The fourth-order valence-electron chi connectivity index (χ4n) is 2.84. The molecule has 0 heterocycles. The van der Waals surface area contributed by atoms with E-state index in [2.05, 4.69) is 29.8 Å². The molecule has 2 rings (SSSR count). The zero-order valence-electron chi connectivity index (χ0n) is 18.1. The summed E-state index contributed by atoms with van der Waals surface area (Å²) in [6.07, 6.45) is 3.18. The summed E-state index contributed by atoms with van der Waals surface area (Å²) in [5.74, 6) is 0.122. The maximum Gasteiger partial charge on any atom is 0.248 e. The van der Waals surface area contributed by atoms with Crippen LogP contribution in [0.4, 0.5) is 11.4 Å². The van der Waals surface area contributed by atoms with Crippen LogP contribution >= 0.6 is 0 Å². The molecule has 6 nitrogen and oxygen atoms in total. The predicted octanol–water partition coefficient (Wildman–Crippen LogP) is 3.73. The molecule has 0 aromatic heterocycles. The zero-order valence-corrected chi connectivity index (χ0v) is 18.1. The van der Waals surface area contributed by atoms with Crippen LogP contribution in [0.2, 0.25) is 0 Å². The number of carbonyl (C=O) groups excluding carboxylic acids is 2. The monoisotopic (exact) mass is 408 g/mol. The molecule has 5 N–H and O–H groups in total. The van der Waals surface area contributed by atoms with Crippen LogP contribution < -0.4 is 21.7 Å². The number of amides is 2. The van der Waals surface area contributed by atoms with Crippen molar-refractivity contribution in [1.82, 2.24) is 10.6 Å². The Morgan fingerprint density at radius 3 is 2.27 bits per heavy atom. The summed E-state index contributed by atoms with van der Waals surface area (Å²) >= 11 is 0. The number of benzene rings is 2. The molecule has 0 bridgehead atoms. The molecule has 160 valence electrons. The third-order valence-corrected chi connectivity index (χ3v) is 4.34. The first-order valence-corrected chi connectivity index (χ1v) is 10.2. The van der Waals surface area contributed by atoms with Gasteiger partial charge < -0.3 is 21.7 Å². The van der Waals surface area contributed by atoms with Gasteiger partial charge in [-0.05, 0) is 55.6 Å². The first-order valence-electron chi connectivity index (χ1n) is 10.2. The molecular formula is C24H32N4O2. The average molecular weight is 409 g/mol. The van der Waals surface area contributed by atoms with E-state index in [9.17, 15) is 9.59 Å². The van der Waals surface area contributed by atoms with E-state index in [1.165, 1.54) is 6.08 Å². The van der Waals surface area contributed by atoms with Gasteiger partial charge in [0.15, 0.2) is 0 Å². The summed E-state index contributed by atoms with van der Waals surface area (Å²) < 4.78 is 0. The highest BCUT2D eigenvalue weighted by Crippen LogP contribution is 2.18. The molecular weight excluding hydrogens is 376 g/mol. The lowest BCUT2D eigenvalue weighted by atomic mass is 10.0. The Morgan fingerprint density at radius 2 is 1.67 bits per heavy atom. The number of nitrogens with two attached hydrogens (primary N) is 1. The van der Waals surface area contributed by atoms with Crippen LogP contribution in [0.5, 0.6) is 0 Å². The molecule has 0 spiro atoms. The number of nitrogen functional groups attached to an aromatic ring is 1. The average Bonchev–Trinajstić information content (AvgIpc) is 2.68. The SMILES string of the molecule is CC(C)CNC(C(=O)NC(C)C)c1ccc(C=CC(=O)Nc2ccccc2N)cc1. The number of hydrogen-bond acceptors (Lipinski definition) is 4. The van der Waals surface area contributed by atoms with Gasteiger partial charge in [-0.3, -0.25) is 9.59 Å². The van der Waals surface area contributed by atoms with Crippen molar-refractivity contribution in [1.29, 1.82) is 0 Å². The lowest BCUT2D eigenvalue weighted by Gasteiger charge is -2.21. The minimum Gasteiger partial charge on any atom is -0.397 e. The smallest absolute Gasteiger partial charge is 0.248 e. The fourth-order valence-corrected chi connectivity index (χ4v) is 2.84. The van der Waals surface area contributed by atoms with Crippen molar-refractivity contribution >= 4 is 29.3 Å². The van der Waals surface area contributed by atoms with E-state index in [0.717, 1.165) is 17.7 Å². The molecule has 0 aliphatic heterocycles. The Morgan fingerprint density at radius 1 is 1.00 bits per heavy atom. The Kier molecular flexibility index (Phi) is 8.62. The van der Waals surface area contributed by atoms with E-state index in [4.69, 9.17) is 5.73 Å². The Hall–Kier alpha value is -3.12. The number of para-hydroxylation sites is 2. The van der Waals surface area contributed by atoms with E-state index in [1.807, 2.05) is 50.2 Å². The molecule has 1 unspecified atom stereocenters. The van der Waals surface area contributed by atoms with E-state index in [0.29, 0.717) is 17.3 Å². The highest BCUT2D eigenvalue weighted by atomic mass is 16.2. The molecule has 2 amide bonds. The molecule has 0 fully saturated rings. The standard InChI is InChI=1S/C24H32N4O2/c1-16(2)15-26-23(24(30)27-17(3)4)19-12-9-18(10-13-19)11-14-22(29)28-21-8-6-5-7-20(21)25/h5-14,16-17,23,26H,15,25H2,1-4H3,(H,27,30)(H,28,29). The summed E-state index contributed by atoms with van der Waals surface area (Å²) in [6, 6.07) is 14.4. The van der Waals surface area contributed by atoms with Gasteiger partial charge in [0, 0.05) is 12.1 Å².